The first kappa shape index (κ1) is 11.1. The van der Waals surface area contributed by atoms with Gasteiger partial charge in [0, 0.05) is 6.54 Å². The van der Waals surface area contributed by atoms with Crippen molar-refractivity contribution < 1.29 is 9.59 Å². The van der Waals surface area contributed by atoms with Gasteiger partial charge in [0.1, 0.15) is 0 Å². The van der Waals surface area contributed by atoms with Crippen LogP contribution in [-0.4, -0.2) is 23.3 Å². The van der Waals surface area contributed by atoms with Gasteiger partial charge >= 0.3 is 0 Å². The molecule has 1 aliphatic carbocycles. The second-order valence-electron chi connectivity index (χ2n) is 5.38. The summed E-state index contributed by atoms with van der Waals surface area (Å²) in [5, 5.41) is 8.84. The molecular weight excluding hydrogens is 204 g/mol. The van der Waals surface area contributed by atoms with Crippen molar-refractivity contribution in [3.63, 3.8) is 0 Å². The Balaban J connectivity index is 1.82. The largest absolute Gasteiger partial charge is 0.282 e. The molecule has 2 amide bonds. The van der Waals surface area contributed by atoms with E-state index < -0.39 is 0 Å². The van der Waals surface area contributed by atoms with Gasteiger partial charge in [-0.25, -0.2) is 0 Å². The fourth-order valence-corrected chi connectivity index (χ4v) is 2.21. The number of hydrogen-bond donors (Lipinski definition) is 0. The van der Waals surface area contributed by atoms with E-state index in [4.69, 9.17) is 5.26 Å². The Labute approximate surface area is 95.2 Å². The molecule has 0 aromatic heterocycles. The molecule has 4 heteroatoms. The van der Waals surface area contributed by atoms with Gasteiger partial charge in [0.2, 0.25) is 11.8 Å². The Bertz CT molecular complexity index is 361. The molecule has 1 saturated carbocycles. The summed E-state index contributed by atoms with van der Waals surface area (Å²) in [5.41, 5.74) is -0.366. The molecule has 2 unspecified atom stereocenters. The minimum absolute atomic E-state index is 0.00326. The first-order chi connectivity index (χ1) is 7.46. The van der Waals surface area contributed by atoms with Crippen molar-refractivity contribution in [2.45, 2.75) is 33.1 Å². The summed E-state index contributed by atoms with van der Waals surface area (Å²) >= 11 is 0. The van der Waals surface area contributed by atoms with Crippen LogP contribution >= 0.6 is 0 Å². The molecule has 2 fully saturated rings. The predicted molar refractivity (Wildman–Crippen MR) is 56.9 cm³/mol. The van der Waals surface area contributed by atoms with Crippen LogP contribution in [0.2, 0.25) is 0 Å². The number of carbonyl (C=O) groups excluding carboxylic acids is 2. The number of rotatable bonds is 4. The Hall–Kier alpha value is -1.37. The Morgan fingerprint density at radius 3 is 2.44 bits per heavy atom. The lowest BCUT2D eigenvalue weighted by atomic mass is 9.90. The third-order valence-electron chi connectivity index (χ3n) is 3.44. The monoisotopic (exact) mass is 220 g/mol. The van der Waals surface area contributed by atoms with E-state index in [-0.39, 0.29) is 29.1 Å². The molecule has 1 saturated heterocycles. The molecule has 1 aliphatic heterocycles. The minimum atomic E-state index is -0.366. The summed E-state index contributed by atoms with van der Waals surface area (Å²) in [5.74, 6) is 0.00230. The molecule has 86 valence electrons. The number of hydrogen-bond acceptors (Lipinski definition) is 3. The summed E-state index contributed by atoms with van der Waals surface area (Å²) in [6.45, 7) is 4.23. The Kier molecular flexibility index (Phi) is 2.49. The van der Waals surface area contributed by atoms with E-state index in [0.29, 0.717) is 6.54 Å². The molecule has 0 radical (unpaired) electrons. The lowest BCUT2D eigenvalue weighted by molar-refractivity contribution is -0.141. The van der Waals surface area contributed by atoms with E-state index in [9.17, 15) is 9.59 Å². The summed E-state index contributed by atoms with van der Waals surface area (Å²) in [6.07, 6.45) is 2.20. The number of carbonyl (C=O) groups is 2. The molecule has 2 atom stereocenters. The molecule has 0 spiro atoms. The maximum Gasteiger partial charge on any atom is 0.233 e. The molecular formula is C12H16N2O2. The van der Waals surface area contributed by atoms with Crippen molar-refractivity contribution in [2.75, 3.05) is 6.54 Å². The van der Waals surface area contributed by atoms with Gasteiger partial charge in [-0.3, -0.25) is 14.5 Å². The highest BCUT2D eigenvalue weighted by atomic mass is 16.2. The number of nitrogens with zero attached hydrogens (tertiary/aromatic N) is 2. The standard InChI is InChI=1S/C12H16N2O2/c1-12(2,7-13)4-3-5-14-10(15)8-6-9(8)11(14)16/h8-9H,3-6H2,1-2H3. The average molecular weight is 220 g/mol. The highest BCUT2D eigenvalue weighted by molar-refractivity contribution is 6.08. The van der Waals surface area contributed by atoms with Crippen molar-refractivity contribution in [1.82, 2.24) is 4.90 Å². The van der Waals surface area contributed by atoms with E-state index in [1.807, 2.05) is 13.8 Å². The molecule has 2 aliphatic rings. The number of amides is 2. The van der Waals surface area contributed by atoms with Crippen LogP contribution in [0.1, 0.15) is 33.1 Å². The Morgan fingerprint density at radius 1 is 1.38 bits per heavy atom. The quantitative estimate of drug-likeness (QED) is 0.671. The van der Waals surface area contributed by atoms with Crippen LogP contribution in [0, 0.1) is 28.6 Å². The lowest BCUT2D eigenvalue weighted by Gasteiger charge is -2.19. The van der Waals surface area contributed by atoms with Crippen molar-refractivity contribution in [3.8, 4) is 6.07 Å². The molecule has 1 heterocycles. The van der Waals surface area contributed by atoms with Crippen LogP contribution in [0.25, 0.3) is 0 Å². The molecule has 4 nitrogen and oxygen atoms in total. The summed E-state index contributed by atoms with van der Waals surface area (Å²) in [7, 11) is 0. The van der Waals surface area contributed by atoms with Gasteiger partial charge in [0.15, 0.2) is 0 Å². The van der Waals surface area contributed by atoms with E-state index in [0.717, 1.165) is 19.3 Å². The van der Waals surface area contributed by atoms with Crippen molar-refractivity contribution >= 4 is 11.8 Å². The van der Waals surface area contributed by atoms with Crippen LogP contribution in [0.15, 0.2) is 0 Å². The van der Waals surface area contributed by atoms with Gasteiger partial charge in [0.05, 0.1) is 23.3 Å². The van der Waals surface area contributed by atoms with Gasteiger partial charge in [-0.05, 0) is 33.1 Å². The second kappa shape index (κ2) is 3.58. The Morgan fingerprint density at radius 2 is 1.94 bits per heavy atom. The first-order valence-corrected chi connectivity index (χ1v) is 5.73. The van der Waals surface area contributed by atoms with E-state index in [1.54, 1.807) is 0 Å². The number of nitriles is 1. The number of imide groups is 1. The number of likely N-dealkylation sites (tertiary alicyclic amines) is 1. The van der Waals surface area contributed by atoms with E-state index in [2.05, 4.69) is 6.07 Å². The maximum atomic E-state index is 11.6. The summed E-state index contributed by atoms with van der Waals surface area (Å²) < 4.78 is 0. The highest BCUT2D eigenvalue weighted by Gasteiger charge is 2.58. The molecule has 0 aromatic carbocycles. The van der Waals surface area contributed by atoms with Crippen molar-refractivity contribution in [1.29, 1.82) is 5.26 Å². The van der Waals surface area contributed by atoms with Crippen LogP contribution < -0.4 is 0 Å². The molecule has 2 rings (SSSR count). The van der Waals surface area contributed by atoms with Gasteiger partial charge < -0.3 is 0 Å². The van der Waals surface area contributed by atoms with Crippen molar-refractivity contribution in [3.05, 3.63) is 0 Å². The topological polar surface area (TPSA) is 61.2 Å². The predicted octanol–water partition coefficient (Wildman–Crippen LogP) is 1.32. The van der Waals surface area contributed by atoms with Crippen LogP contribution in [0.5, 0.6) is 0 Å². The van der Waals surface area contributed by atoms with Gasteiger partial charge in [-0.15, -0.1) is 0 Å². The van der Waals surface area contributed by atoms with Crippen LogP contribution in [0.4, 0.5) is 0 Å². The zero-order valence-electron chi connectivity index (χ0n) is 9.69. The zero-order valence-corrected chi connectivity index (χ0v) is 9.69. The fraction of sp³-hybridized carbons (Fsp3) is 0.750. The summed E-state index contributed by atoms with van der Waals surface area (Å²) in [4.78, 5) is 24.6. The van der Waals surface area contributed by atoms with Gasteiger partial charge in [0.25, 0.3) is 0 Å². The zero-order chi connectivity index (χ0) is 11.9. The van der Waals surface area contributed by atoms with Gasteiger partial charge in [-0.2, -0.15) is 5.26 Å². The number of fused-ring (bicyclic) bond motifs is 1. The molecule has 16 heavy (non-hydrogen) atoms. The maximum absolute atomic E-state index is 11.6. The van der Waals surface area contributed by atoms with Gasteiger partial charge in [-0.1, -0.05) is 0 Å². The lowest BCUT2D eigenvalue weighted by Crippen LogP contribution is -2.34. The van der Waals surface area contributed by atoms with Crippen LogP contribution in [0.3, 0.4) is 0 Å². The molecule has 0 aromatic rings. The molecule has 0 bridgehead atoms. The average Bonchev–Trinajstić information content (AvgIpc) is 2.98. The normalized spacial score (nSPS) is 27.9. The van der Waals surface area contributed by atoms with Crippen LogP contribution in [-0.2, 0) is 9.59 Å². The molecule has 0 N–H and O–H groups in total. The third kappa shape index (κ3) is 1.82. The number of piperidine rings is 1. The smallest absolute Gasteiger partial charge is 0.233 e. The minimum Gasteiger partial charge on any atom is -0.282 e. The SMILES string of the molecule is CC(C)(C#N)CCCN1C(=O)C2CC2C1=O. The summed E-state index contributed by atoms with van der Waals surface area (Å²) in [6, 6.07) is 2.22. The second-order valence-corrected chi connectivity index (χ2v) is 5.38. The van der Waals surface area contributed by atoms with E-state index >= 15 is 0 Å². The van der Waals surface area contributed by atoms with Crippen molar-refractivity contribution in [2.24, 2.45) is 17.3 Å². The first-order valence-electron chi connectivity index (χ1n) is 5.73. The highest BCUT2D eigenvalue weighted by Crippen LogP contribution is 2.47. The van der Waals surface area contributed by atoms with E-state index in [1.165, 1.54) is 4.90 Å². The third-order valence-corrected chi connectivity index (χ3v) is 3.44. The fourth-order valence-electron chi connectivity index (χ4n) is 2.21.